The van der Waals surface area contributed by atoms with Gasteiger partial charge in [0.25, 0.3) is 0 Å². The van der Waals surface area contributed by atoms with Gasteiger partial charge in [0.2, 0.25) is 0 Å². The third kappa shape index (κ3) is 2.75. The third-order valence-corrected chi connectivity index (χ3v) is 3.86. The molecule has 102 valence electrons. The summed E-state index contributed by atoms with van der Waals surface area (Å²) in [6, 6.07) is 17.3. The second kappa shape index (κ2) is 6.39. The Morgan fingerprint density at radius 2 is 1.68 bits per heavy atom. The van der Waals surface area contributed by atoms with Crippen molar-refractivity contribution in [1.82, 2.24) is 0 Å². The zero-order chi connectivity index (χ0) is 14.4. The van der Waals surface area contributed by atoms with E-state index in [2.05, 4.69) is 12.1 Å². The van der Waals surface area contributed by atoms with Crippen molar-refractivity contribution in [2.24, 2.45) is 0 Å². The standard InChI is InChI=1S/C18H12O3.Cs/c19-18(20)13-5-6-15-14(7-13)10-21-17-9-12-4-2-1-3-11(12)8-16(15)17;/h1-9H,10H2,(H,19,20);/q;+1/p-1. The van der Waals surface area contributed by atoms with Crippen molar-refractivity contribution in [3.05, 3.63) is 65.7 Å². The van der Waals surface area contributed by atoms with E-state index in [1.165, 1.54) is 0 Å². The average Bonchev–Trinajstić information content (AvgIpc) is 2.52. The number of carbonyl (C=O) groups excluding carboxylic acids is 1. The molecule has 3 aromatic rings. The third-order valence-electron chi connectivity index (χ3n) is 3.86. The Morgan fingerprint density at radius 1 is 0.955 bits per heavy atom. The van der Waals surface area contributed by atoms with E-state index in [0.29, 0.717) is 6.61 Å². The summed E-state index contributed by atoms with van der Waals surface area (Å²) in [4.78, 5) is 11.0. The average molecular weight is 408 g/mol. The molecular weight excluding hydrogens is 397 g/mol. The molecule has 0 amide bonds. The van der Waals surface area contributed by atoms with Crippen molar-refractivity contribution in [1.29, 1.82) is 0 Å². The molecule has 4 heteroatoms. The van der Waals surface area contributed by atoms with Crippen LogP contribution in [0.1, 0.15) is 15.9 Å². The summed E-state index contributed by atoms with van der Waals surface area (Å²) in [5.74, 6) is -0.329. The molecule has 0 N–H and O–H groups in total. The zero-order valence-corrected chi connectivity index (χ0v) is 18.4. The topological polar surface area (TPSA) is 49.4 Å². The molecular formula is C18H11CsO3. The summed E-state index contributed by atoms with van der Waals surface area (Å²) < 4.78 is 5.78. The Labute approximate surface area is 186 Å². The number of hydrogen-bond donors (Lipinski definition) is 0. The van der Waals surface area contributed by atoms with Crippen LogP contribution in [-0.2, 0) is 6.61 Å². The maximum Gasteiger partial charge on any atom is 1.00 e. The zero-order valence-electron chi connectivity index (χ0n) is 12.1. The maximum absolute atomic E-state index is 11.0. The van der Waals surface area contributed by atoms with E-state index in [-0.39, 0.29) is 74.5 Å². The number of rotatable bonds is 1. The summed E-state index contributed by atoms with van der Waals surface area (Å²) in [7, 11) is 0. The molecule has 1 aliphatic heterocycles. The Kier molecular flexibility index (Phi) is 4.68. The summed E-state index contributed by atoms with van der Waals surface area (Å²) in [5, 5.41) is 13.2. The Balaban J connectivity index is 0.00000144. The summed E-state index contributed by atoms with van der Waals surface area (Å²) in [6.45, 7) is 0.377. The van der Waals surface area contributed by atoms with Crippen LogP contribution in [0.4, 0.5) is 0 Å². The van der Waals surface area contributed by atoms with Crippen LogP contribution >= 0.6 is 0 Å². The van der Waals surface area contributed by atoms with E-state index in [1.54, 1.807) is 12.1 Å². The molecule has 4 rings (SSSR count). The molecule has 3 aromatic carbocycles. The first-order chi connectivity index (χ1) is 10.2. The Morgan fingerprint density at radius 3 is 2.41 bits per heavy atom. The molecule has 0 saturated carbocycles. The molecule has 0 unspecified atom stereocenters. The minimum Gasteiger partial charge on any atom is -0.545 e. The Bertz CT molecular complexity index is 887. The number of ether oxygens (including phenoxy) is 1. The van der Waals surface area contributed by atoms with Crippen LogP contribution in [-0.4, -0.2) is 5.97 Å². The van der Waals surface area contributed by atoms with E-state index in [1.807, 2.05) is 30.3 Å². The normalized spacial score (nSPS) is 11.8. The van der Waals surface area contributed by atoms with Gasteiger partial charge in [-0.05, 0) is 45.7 Å². The van der Waals surface area contributed by atoms with Crippen molar-refractivity contribution in [3.63, 3.8) is 0 Å². The molecule has 22 heavy (non-hydrogen) atoms. The first kappa shape index (κ1) is 16.1. The van der Waals surface area contributed by atoms with Crippen LogP contribution in [0.5, 0.6) is 5.75 Å². The van der Waals surface area contributed by atoms with Crippen molar-refractivity contribution < 1.29 is 83.5 Å². The van der Waals surface area contributed by atoms with Gasteiger partial charge in [-0.2, -0.15) is 0 Å². The molecule has 0 spiro atoms. The van der Waals surface area contributed by atoms with Gasteiger partial charge in [0.1, 0.15) is 12.4 Å². The first-order valence-electron chi connectivity index (χ1n) is 6.72. The van der Waals surface area contributed by atoms with E-state index >= 15 is 0 Å². The van der Waals surface area contributed by atoms with Gasteiger partial charge in [0.15, 0.2) is 0 Å². The minimum atomic E-state index is -1.16. The molecule has 0 aliphatic carbocycles. The second-order valence-corrected chi connectivity index (χ2v) is 5.14. The van der Waals surface area contributed by atoms with E-state index < -0.39 is 5.97 Å². The minimum absolute atomic E-state index is 0. The van der Waals surface area contributed by atoms with E-state index in [9.17, 15) is 9.90 Å². The van der Waals surface area contributed by atoms with Crippen LogP contribution < -0.4 is 78.7 Å². The molecule has 0 radical (unpaired) electrons. The van der Waals surface area contributed by atoms with Gasteiger partial charge >= 0.3 is 68.9 Å². The predicted octanol–water partition coefficient (Wildman–Crippen LogP) is -0.233. The molecule has 0 atom stereocenters. The van der Waals surface area contributed by atoms with Crippen LogP contribution in [0.3, 0.4) is 0 Å². The quantitative estimate of drug-likeness (QED) is 0.559. The van der Waals surface area contributed by atoms with Crippen molar-refractivity contribution in [2.45, 2.75) is 6.61 Å². The monoisotopic (exact) mass is 408 g/mol. The van der Waals surface area contributed by atoms with Crippen molar-refractivity contribution in [3.8, 4) is 16.9 Å². The Hall–Kier alpha value is -0.758. The summed E-state index contributed by atoms with van der Waals surface area (Å²) >= 11 is 0. The number of carbonyl (C=O) groups is 1. The number of hydrogen-bond acceptors (Lipinski definition) is 3. The van der Waals surface area contributed by atoms with Crippen LogP contribution in [0, 0.1) is 0 Å². The maximum atomic E-state index is 11.0. The molecule has 1 heterocycles. The van der Waals surface area contributed by atoms with Crippen LogP contribution in [0.25, 0.3) is 21.9 Å². The number of carboxylic acid groups (broad SMARTS) is 1. The van der Waals surface area contributed by atoms with Gasteiger partial charge in [0.05, 0.1) is 5.97 Å². The molecule has 3 nitrogen and oxygen atoms in total. The van der Waals surface area contributed by atoms with Gasteiger partial charge in [-0.3, -0.25) is 0 Å². The van der Waals surface area contributed by atoms with Gasteiger partial charge in [-0.1, -0.05) is 36.4 Å². The van der Waals surface area contributed by atoms with Gasteiger partial charge in [-0.25, -0.2) is 0 Å². The van der Waals surface area contributed by atoms with Gasteiger partial charge in [-0.15, -0.1) is 0 Å². The van der Waals surface area contributed by atoms with Crippen molar-refractivity contribution >= 4 is 16.7 Å². The number of aromatic carboxylic acids is 1. The fourth-order valence-corrected chi connectivity index (χ4v) is 2.81. The van der Waals surface area contributed by atoms with Gasteiger partial charge in [0, 0.05) is 5.56 Å². The molecule has 0 bridgehead atoms. The largest absolute Gasteiger partial charge is 1.00 e. The molecule has 0 fully saturated rings. The molecule has 1 aliphatic rings. The first-order valence-corrected chi connectivity index (χ1v) is 6.72. The van der Waals surface area contributed by atoms with Crippen molar-refractivity contribution in [2.75, 3.05) is 0 Å². The van der Waals surface area contributed by atoms with E-state index in [4.69, 9.17) is 4.74 Å². The van der Waals surface area contributed by atoms with Gasteiger partial charge < -0.3 is 14.6 Å². The SMILES string of the molecule is O=C([O-])c1ccc2c(c1)COc1cc3ccccc3cc1-2.[Cs+]. The van der Waals surface area contributed by atoms with Crippen LogP contribution in [0.15, 0.2) is 54.6 Å². The number of fused-ring (bicyclic) bond motifs is 4. The van der Waals surface area contributed by atoms with E-state index in [0.717, 1.165) is 33.2 Å². The number of carboxylic acids is 1. The number of benzene rings is 3. The summed E-state index contributed by atoms with van der Waals surface area (Å²) in [5.41, 5.74) is 3.08. The second-order valence-electron chi connectivity index (χ2n) is 5.14. The smallest absolute Gasteiger partial charge is 0.545 e. The molecule has 0 aromatic heterocycles. The fraction of sp³-hybridized carbons (Fsp3) is 0.0556. The fourth-order valence-electron chi connectivity index (χ4n) is 2.81. The molecule has 0 saturated heterocycles. The predicted molar refractivity (Wildman–Crippen MR) is 78.0 cm³/mol. The van der Waals surface area contributed by atoms with Crippen LogP contribution in [0.2, 0.25) is 0 Å². The summed E-state index contributed by atoms with van der Waals surface area (Å²) in [6.07, 6.45) is 0.